The summed E-state index contributed by atoms with van der Waals surface area (Å²) in [5, 5.41) is 0. The maximum Gasteiger partial charge on any atom is 0.267 e. The van der Waals surface area contributed by atoms with E-state index in [0.29, 0.717) is 52.5 Å². The van der Waals surface area contributed by atoms with Gasteiger partial charge in [0.1, 0.15) is 15.8 Å². The van der Waals surface area contributed by atoms with Gasteiger partial charge in [-0.3, -0.25) is 18.9 Å². The van der Waals surface area contributed by atoms with Crippen molar-refractivity contribution in [3.8, 4) is 0 Å². The Balaban J connectivity index is 1.59. The van der Waals surface area contributed by atoms with Crippen molar-refractivity contribution in [3.63, 3.8) is 0 Å². The maximum atomic E-state index is 13.7. The predicted octanol–water partition coefficient (Wildman–Crippen LogP) is 3.00. The largest absolute Gasteiger partial charge is 0.376 e. The van der Waals surface area contributed by atoms with E-state index in [1.54, 1.807) is 21.6 Å². The Morgan fingerprint density at radius 3 is 2.74 bits per heavy atom. The third kappa shape index (κ3) is 4.39. The lowest BCUT2D eigenvalue weighted by Gasteiger charge is -2.36. The van der Waals surface area contributed by atoms with Crippen LogP contribution in [0.15, 0.2) is 28.0 Å². The zero-order chi connectivity index (χ0) is 24.0. The van der Waals surface area contributed by atoms with Gasteiger partial charge < -0.3 is 14.4 Å². The molecular weight excluding hydrogens is 472 g/mol. The summed E-state index contributed by atoms with van der Waals surface area (Å²) in [6.07, 6.45) is 5.29. The number of rotatable bonds is 4. The molecule has 34 heavy (non-hydrogen) atoms. The highest BCUT2D eigenvalue weighted by Crippen LogP contribution is 2.35. The molecule has 0 radical (unpaired) electrons. The normalized spacial score (nSPS) is 26.9. The monoisotopic (exact) mass is 500 g/mol. The van der Waals surface area contributed by atoms with Crippen LogP contribution >= 0.6 is 24.0 Å². The van der Waals surface area contributed by atoms with Gasteiger partial charge in [-0.1, -0.05) is 30.0 Å². The molecule has 10 heteroatoms. The van der Waals surface area contributed by atoms with Crippen molar-refractivity contribution in [2.75, 3.05) is 31.1 Å². The van der Waals surface area contributed by atoms with Gasteiger partial charge in [0.05, 0.1) is 35.3 Å². The lowest BCUT2D eigenvalue weighted by Crippen LogP contribution is -2.46. The van der Waals surface area contributed by atoms with Gasteiger partial charge in [-0.2, -0.15) is 0 Å². The van der Waals surface area contributed by atoms with Crippen molar-refractivity contribution >= 4 is 51.7 Å². The number of aryl methyl sites for hydroxylation is 1. The highest BCUT2D eigenvalue weighted by molar-refractivity contribution is 8.26. The number of carbonyl (C=O) groups excluding carboxylic acids is 1. The predicted molar refractivity (Wildman–Crippen MR) is 137 cm³/mol. The summed E-state index contributed by atoms with van der Waals surface area (Å²) < 4.78 is 13.6. The first-order valence-electron chi connectivity index (χ1n) is 11.6. The fraction of sp³-hybridized carbons (Fsp3) is 0.500. The molecule has 1 amide bonds. The lowest BCUT2D eigenvalue weighted by atomic mass is 10.1. The van der Waals surface area contributed by atoms with Crippen LogP contribution < -0.4 is 10.5 Å². The van der Waals surface area contributed by atoms with Gasteiger partial charge in [-0.25, -0.2) is 4.98 Å². The average molecular weight is 501 g/mol. The molecule has 8 nitrogen and oxygen atoms in total. The van der Waals surface area contributed by atoms with E-state index in [0.717, 1.165) is 18.4 Å². The molecular formula is C24H28N4O4S2. The van der Waals surface area contributed by atoms with Crippen molar-refractivity contribution in [1.29, 1.82) is 0 Å². The van der Waals surface area contributed by atoms with Crippen LogP contribution in [-0.4, -0.2) is 69.1 Å². The number of morpholine rings is 1. The van der Waals surface area contributed by atoms with Gasteiger partial charge in [0.25, 0.3) is 11.5 Å². The number of hydrogen-bond acceptors (Lipinski definition) is 8. The standard InChI is InChI=1S/C24H28N4O4S2/c1-14-6-4-8-27-20(14)25-21(26-11-15(2)32-16(3)12-26)18(22(27)29)10-19-23(30)28(24(33)34-19)13-17-7-5-9-31-17/h4,6,8,10,15-17H,5,7,9,11-13H2,1-3H3/b19-10+/t15-,16+,17-/m0/s1. The number of thioether (sulfide) groups is 1. The van der Waals surface area contributed by atoms with Gasteiger partial charge in [-0.15, -0.1) is 0 Å². The Labute approximate surface area is 207 Å². The second-order valence-electron chi connectivity index (χ2n) is 9.13. The third-order valence-electron chi connectivity index (χ3n) is 6.34. The van der Waals surface area contributed by atoms with Gasteiger partial charge >= 0.3 is 0 Å². The van der Waals surface area contributed by atoms with Gasteiger partial charge in [0, 0.05) is 25.9 Å². The minimum absolute atomic E-state index is 0.00153. The number of hydrogen-bond donors (Lipinski definition) is 0. The maximum absolute atomic E-state index is 13.7. The zero-order valence-electron chi connectivity index (χ0n) is 19.5. The summed E-state index contributed by atoms with van der Waals surface area (Å²) in [6, 6.07) is 3.76. The highest BCUT2D eigenvalue weighted by Gasteiger charge is 2.35. The van der Waals surface area contributed by atoms with E-state index in [1.807, 2.05) is 32.9 Å². The Hall–Kier alpha value is -2.27. The summed E-state index contributed by atoms with van der Waals surface area (Å²) in [5.74, 6) is 0.389. The van der Waals surface area contributed by atoms with Crippen LogP contribution in [0.1, 0.15) is 37.8 Å². The lowest BCUT2D eigenvalue weighted by molar-refractivity contribution is -0.123. The molecule has 3 fully saturated rings. The minimum atomic E-state index is -0.208. The number of amides is 1. The number of anilines is 1. The quantitative estimate of drug-likeness (QED) is 0.469. The number of carbonyl (C=O) groups is 1. The smallest absolute Gasteiger partial charge is 0.267 e. The molecule has 0 saturated carbocycles. The Bertz CT molecular complexity index is 1230. The average Bonchev–Trinajstić information content (AvgIpc) is 3.39. The summed E-state index contributed by atoms with van der Waals surface area (Å²) in [6.45, 7) is 8.34. The van der Waals surface area contributed by atoms with Crippen LogP contribution in [-0.2, 0) is 14.3 Å². The SMILES string of the molecule is Cc1cccn2c(=O)c(/C=C3/SC(=S)N(C[C@@H]4CCCO4)C3=O)c(N3C[C@@H](C)O[C@@H](C)C3)nc12. The van der Waals surface area contributed by atoms with E-state index in [9.17, 15) is 9.59 Å². The minimum Gasteiger partial charge on any atom is -0.376 e. The van der Waals surface area contributed by atoms with Crippen LogP contribution in [0.3, 0.4) is 0 Å². The van der Waals surface area contributed by atoms with Crippen molar-refractivity contribution in [3.05, 3.63) is 44.7 Å². The molecule has 3 atom stereocenters. The molecule has 0 aromatic carbocycles. The summed E-state index contributed by atoms with van der Waals surface area (Å²) in [4.78, 5) is 36.0. The fourth-order valence-corrected chi connectivity index (χ4v) is 6.06. The zero-order valence-corrected chi connectivity index (χ0v) is 21.2. The van der Waals surface area contributed by atoms with E-state index in [4.69, 9.17) is 26.7 Å². The van der Waals surface area contributed by atoms with Crippen molar-refractivity contribution in [2.45, 2.75) is 51.9 Å². The van der Waals surface area contributed by atoms with Gasteiger partial charge in [0.2, 0.25) is 0 Å². The molecule has 0 spiro atoms. The van der Waals surface area contributed by atoms with E-state index in [2.05, 4.69) is 4.90 Å². The topological polar surface area (TPSA) is 76.4 Å². The van der Waals surface area contributed by atoms with E-state index in [1.165, 1.54) is 11.8 Å². The number of aromatic nitrogens is 2. The van der Waals surface area contributed by atoms with Crippen molar-refractivity contribution in [1.82, 2.24) is 14.3 Å². The molecule has 5 rings (SSSR count). The molecule has 180 valence electrons. The van der Waals surface area contributed by atoms with Crippen molar-refractivity contribution < 1.29 is 14.3 Å². The van der Waals surface area contributed by atoms with E-state index >= 15 is 0 Å². The summed E-state index contributed by atoms with van der Waals surface area (Å²) >= 11 is 6.73. The summed E-state index contributed by atoms with van der Waals surface area (Å²) in [5.41, 5.74) is 1.70. The molecule has 3 aliphatic heterocycles. The van der Waals surface area contributed by atoms with Gasteiger partial charge in [-0.05, 0) is 51.3 Å². The van der Waals surface area contributed by atoms with E-state index in [-0.39, 0.29) is 29.8 Å². The highest BCUT2D eigenvalue weighted by atomic mass is 32.2. The molecule has 5 heterocycles. The Morgan fingerprint density at radius 1 is 1.26 bits per heavy atom. The van der Waals surface area contributed by atoms with Crippen LogP contribution in [0.25, 0.3) is 11.7 Å². The van der Waals surface area contributed by atoms with Crippen LogP contribution in [0.5, 0.6) is 0 Å². The Morgan fingerprint density at radius 2 is 2.03 bits per heavy atom. The molecule has 0 N–H and O–H groups in total. The molecule has 3 saturated heterocycles. The second kappa shape index (κ2) is 9.41. The number of nitrogens with zero attached hydrogens (tertiary/aromatic N) is 4. The molecule has 2 aromatic heterocycles. The number of ether oxygens (including phenoxy) is 2. The summed E-state index contributed by atoms with van der Waals surface area (Å²) in [7, 11) is 0. The van der Waals surface area contributed by atoms with Crippen LogP contribution in [0, 0.1) is 6.92 Å². The first-order chi connectivity index (χ1) is 16.3. The van der Waals surface area contributed by atoms with Gasteiger partial charge in [0.15, 0.2) is 0 Å². The molecule has 0 bridgehead atoms. The fourth-order valence-electron chi connectivity index (χ4n) is 4.80. The number of thiocarbonyl (C=S) groups is 1. The first-order valence-corrected chi connectivity index (χ1v) is 12.8. The van der Waals surface area contributed by atoms with Crippen LogP contribution in [0.2, 0.25) is 0 Å². The molecule has 0 aliphatic carbocycles. The third-order valence-corrected chi connectivity index (χ3v) is 7.72. The van der Waals surface area contributed by atoms with E-state index < -0.39 is 0 Å². The number of pyridine rings is 1. The number of fused-ring (bicyclic) bond motifs is 1. The molecule has 3 aliphatic rings. The Kier molecular flexibility index (Phi) is 6.49. The van der Waals surface area contributed by atoms with Crippen LogP contribution in [0.4, 0.5) is 5.82 Å². The first kappa shape index (κ1) is 23.5. The van der Waals surface area contributed by atoms with Crippen molar-refractivity contribution in [2.24, 2.45) is 0 Å². The second-order valence-corrected chi connectivity index (χ2v) is 10.8. The molecule has 2 aromatic rings. The molecule has 0 unspecified atom stereocenters.